The van der Waals surface area contributed by atoms with Crippen molar-refractivity contribution in [2.24, 2.45) is 0 Å². The molecule has 2 rings (SSSR count). The third-order valence-electron chi connectivity index (χ3n) is 3.77. The Bertz CT molecular complexity index is 415. The van der Waals surface area contributed by atoms with Gasteiger partial charge in [0.1, 0.15) is 0 Å². The summed E-state index contributed by atoms with van der Waals surface area (Å²) in [5, 5.41) is 9.93. The van der Waals surface area contributed by atoms with Gasteiger partial charge in [0, 0.05) is 51.0 Å². The van der Waals surface area contributed by atoms with Gasteiger partial charge in [-0.15, -0.1) is 0 Å². The summed E-state index contributed by atoms with van der Waals surface area (Å²) in [5.74, 6) is 0.0926. The summed E-state index contributed by atoms with van der Waals surface area (Å²) in [6.07, 6.45) is 0. The molecule has 19 heavy (non-hydrogen) atoms. The summed E-state index contributed by atoms with van der Waals surface area (Å²) in [6, 6.07) is 0. The molecule has 0 aliphatic carbocycles. The van der Waals surface area contributed by atoms with Gasteiger partial charge >= 0.3 is 0 Å². The first-order chi connectivity index (χ1) is 9.10. The minimum absolute atomic E-state index is 0.0926. The molecule has 0 spiro atoms. The van der Waals surface area contributed by atoms with Crippen molar-refractivity contribution >= 4 is 5.91 Å². The van der Waals surface area contributed by atoms with E-state index in [0.29, 0.717) is 6.54 Å². The summed E-state index contributed by atoms with van der Waals surface area (Å²) < 4.78 is 0. The van der Waals surface area contributed by atoms with Gasteiger partial charge in [-0.05, 0) is 13.8 Å². The van der Waals surface area contributed by atoms with Crippen LogP contribution in [-0.4, -0.2) is 65.7 Å². The molecule has 1 aliphatic rings. The number of nitrogens with zero attached hydrogens (tertiary/aromatic N) is 3. The topological polar surface area (TPSA) is 64.3 Å². The van der Waals surface area contributed by atoms with Crippen LogP contribution in [0.3, 0.4) is 0 Å². The zero-order valence-electron chi connectivity index (χ0n) is 12.0. The predicted octanol–water partition coefficient (Wildman–Crippen LogP) is -0.110. The Morgan fingerprint density at radius 1 is 1.26 bits per heavy atom. The van der Waals surface area contributed by atoms with Crippen molar-refractivity contribution in [2.45, 2.75) is 20.4 Å². The molecule has 0 radical (unpaired) electrons. The SMILES string of the molecule is CNC(=O)CN1CCN(Cc2c(C)n[nH]c2C)CC1. The smallest absolute Gasteiger partial charge is 0.233 e. The van der Waals surface area contributed by atoms with E-state index in [1.54, 1.807) is 7.05 Å². The van der Waals surface area contributed by atoms with Crippen LogP contribution < -0.4 is 5.32 Å². The van der Waals surface area contributed by atoms with Gasteiger partial charge in [-0.25, -0.2) is 0 Å². The zero-order valence-corrected chi connectivity index (χ0v) is 12.0. The largest absolute Gasteiger partial charge is 0.358 e. The molecular formula is C13H23N5O. The highest BCUT2D eigenvalue weighted by Gasteiger charge is 2.20. The normalized spacial score (nSPS) is 17.6. The molecule has 1 fully saturated rings. The Balaban J connectivity index is 1.82. The summed E-state index contributed by atoms with van der Waals surface area (Å²) in [4.78, 5) is 15.9. The number of hydrogen-bond acceptors (Lipinski definition) is 4. The highest BCUT2D eigenvalue weighted by atomic mass is 16.1. The van der Waals surface area contributed by atoms with Crippen molar-refractivity contribution in [1.29, 1.82) is 0 Å². The zero-order chi connectivity index (χ0) is 13.8. The maximum absolute atomic E-state index is 11.3. The van der Waals surface area contributed by atoms with Crippen LogP contribution in [0.1, 0.15) is 17.0 Å². The first-order valence-corrected chi connectivity index (χ1v) is 6.76. The first-order valence-electron chi connectivity index (χ1n) is 6.76. The van der Waals surface area contributed by atoms with Crippen molar-refractivity contribution in [2.75, 3.05) is 39.8 Å². The molecule has 1 saturated heterocycles. The standard InChI is InChI=1S/C13H23N5O/c1-10-12(11(2)16-15-10)8-17-4-6-18(7-5-17)9-13(19)14-3/h4-9H2,1-3H3,(H,14,19)(H,15,16). The second-order valence-electron chi connectivity index (χ2n) is 5.14. The highest BCUT2D eigenvalue weighted by Crippen LogP contribution is 2.14. The minimum atomic E-state index is 0.0926. The van der Waals surface area contributed by atoms with E-state index in [2.05, 4.69) is 32.2 Å². The number of nitrogens with one attached hydrogen (secondary N) is 2. The molecule has 0 bridgehead atoms. The maximum Gasteiger partial charge on any atom is 0.233 e. The molecule has 1 aliphatic heterocycles. The number of aromatic amines is 1. The fourth-order valence-electron chi connectivity index (χ4n) is 2.42. The molecule has 0 unspecified atom stereocenters. The van der Waals surface area contributed by atoms with Crippen LogP contribution >= 0.6 is 0 Å². The first kappa shape index (κ1) is 14.0. The van der Waals surface area contributed by atoms with Gasteiger partial charge in [0.05, 0.1) is 12.2 Å². The number of carbonyl (C=O) groups excluding carboxylic acids is 1. The number of rotatable bonds is 4. The van der Waals surface area contributed by atoms with Gasteiger partial charge in [-0.3, -0.25) is 19.7 Å². The number of amides is 1. The summed E-state index contributed by atoms with van der Waals surface area (Å²) in [6.45, 7) is 9.46. The van der Waals surface area contributed by atoms with E-state index in [4.69, 9.17) is 0 Å². The third kappa shape index (κ3) is 3.54. The Morgan fingerprint density at radius 3 is 2.42 bits per heavy atom. The average Bonchev–Trinajstić information content (AvgIpc) is 2.72. The number of carbonyl (C=O) groups is 1. The molecule has 106 valence electrons. The third-order valence-corrected chi connectivity index (χ3v) is 3.77. The molecule has 0 aromatic carbocycles. The molecular weight excluding hydrogens is 242 g/mol. The monoisotopic (exact) mass is 265 g/mol. The lowest BCUT2D eigenvalue weighted by Gasteiger charge is -2.34. The Hall–Kier alpha value is -1.40. The number of piperazine rings is 1. The number of hydrogen-bond donors (Lipinski definition) is 2. The molecule has 0 saturated carbocycles. The van der Waals surface area contributed by atoms with Gasteiger partial charge in [0.15, 0.2) is 0 Å². The second kappa shape index (κ2) is 6.16. The van der Waals surface area contributed by atoms with E-state index in [-0.39, 0.29) is 5.91 Å². The van der Waals surface area contributed by atoms with Crippen LogP contribution in [0.15, 0.2) is 0 Å². The fourth-order valence-corrected chi connectivity index (χ4v) is 2.42. The van der Waals surface area contributed by atoms with E-state index < -0.39 is 0 Å². The van der Waals surface area contributed by atoms with Crippen LogP contribution in [0.2, 0.25) is 0 Å². The summed E-state index contributed by atoms with van der Waals surface area (Å²) in [7, 11) is 1.68. The summed E-state index contributed by atoms with van der Waals surface area (Å²) >= 11 is 0. The van der Waals surface area contributed by atoms with Crippen molar-refractivity contribution in [3.05, 3.63) is 17.0 Å². The maximum atomic E-state index is 11.3. The van der Waals surface area contributed by atoms with Gasteiger partial charge in [0.2, 0.25) is 5.91 Å². The van der Waals surface area contributed by atoms with E-state index in [1.807, 2.05) is 6.92 Å². The molecule has 1 amide bonds. The lowest BCUT2D eigenvalue weighted by atomic mass is 10.1. The van der Waals surface area contributed by atoms with Crippen LogP contribution in [-0.2, 0) is 11.3 Å². The van der Waals surface area contributed by atoms with Gasteiger partial charge in [0.25, 0.3) is 0 Å². The molecule has 0 atom stereocenters. The number of aromatic nitrogens is 2. The molecule has 2 N–H and O–H groups in total. The van der Waals surface area contributed by atoms with Gasteiger partial charge in [-0.1, -0.05) is 0 Å². The molecule has 1 aromatic heterocycles. The van der Waals surface area contributed by atoms with Crippen molar-refractivity contribution in [1.82, 2.24) is 25.3 Å². The van der Waals surface area contributed by atoms with Crippen LogP contribution in [0.5, 0.6) is 0 Å². The van der Waals surface area contributed by atoms with Gasteiger partial charge < -0.3 is 5.32 Å². The lowest BCUT2D eigenvalue weighted by molar-refractivity contribution is -0.122. The Kier molecular flexibility index (Phi) is 4.55. The molecule has 6 heteroatoms. The van der Waals surface area contributed by atoms with Crippen molar-refractivity contribution in [3.63, 3.8) is 0 Å². The Labute approximate surface area is 114 Å². The number of H-pyrrole nitrogens is 1. The van der Waals surface area contributed by atoms with E-state index in [1.165, 1.54) is 5.56 Å². The lowest BCUT2D eigenvalue weighted by Crippen LogP contribution is -2.48. The van der Waals surface area contributed by atoms with Crippen LogP contribution in [0.4, 0.5) is 0 Å². The fraction of sp³-hybridized carbons (Fsp3) is 0.692. The second-order valence-corrected chi connectivity index (χ2v) is 5.14. The highest BCUT2D eigenvalue weighted by molar-refractivity contribution is 5.77. The number of aryl methyl sites for hydroxylation is 2. The van der Waals surface area contributed by atoms with E-state index in [0.717, 1.165) is 44.1 Å². The molecule has 6 nitrogen and oxygen atoms in total. The predicted molar refractivity (Wildman–Crippen MR) is 73.8 cm³/mol. The Morgan fingerprint density at radius 2 is 1.89 bits per heavy atom. The molecule has 2 heterocycles. The average molecular weight is 265 g/mol. The van der Waals surface area contributed by atoms with Crippen molar-refractivity contribution < 1.29 is 4.79 Å². The quantitative estimate of drug-likeness (QED) is 0.797. The van der Waals surface area contributed by atoms with Crippen molar-refractivity contribution in [3.8, 4) is 0 Å². The van der Waals surface area contributed by atoms with Crippen LogP contribution in [0, 0.1) is 13.8 Å². The van der Waals surface area contributed by atoms with Crippen LogP contribution in [0.25, 0.3) is 0 Å². The summed E-state index contributed by atoms with van der Waals surface area (Å²) in [5.41, 5.74) is 3.55. The minimum Gasteiger partial charge on any atom is -0.358 e. The van der Waals surface area contributed by atoms with Gasteiger partial charge in [-0.2, -0.15) is 5.10 Å². The van der Waals surface area contributed by atoms with E-state index in [9.17, 15) is 4.79 Å². The van der Waals surface area contributed by atoms with E-state index >= 15 is 0 Å². The number of likely N-dealkylation sites (N-methyl/N-ethyl adjacent to an activating group) is 1. The molecule has 1 aromatic rings.